The van der Waals surface area contributed by atoms with E-state index in [0.717, 1.165) is 34.1 Å². The molecular weight excluding hydrogens is 645 g/mol. The first-order chi connectivity index (χ1) is 25.3. The van der Waals surface area contributed by atoms with Gasteiger partial charge in [0.1, 0.15) is 23.5 Å². The molecule has 51 heavy (non-hydrogen) atoms. The molecule has 5 nitrogen and oxygen atoms in total. The number of thiophene rings is 1. The number of rotatable bonds is 4. The molecule has 2 atom stereocenters. The van der Waals surface area contributed by atoms with Gasteiger partial charge in [-0.3, -0.25) is 0 Å². The first kappa shape index (κ1) is 28.6. The number of ether oxygens (including phenoxy) is 1. The molecule has 242 valence electrons. The van der Waals surface area contributed by atoms with E-state index < -0.39 is 6.17 Å². The van der Waals surface area contributed by atoms with Crippen molar-refractivity contribution >= 4 is 70.7 Å². The number of para-hydroxylation sites is 2. The zero-order chi connectivity index (χ0) is 33.5. The van der Waals surface area contributed by atoms with Gasteiger partial charge in [0.05, 0.1) is 17.0 Å². The maximum Gasteiger partial charge on any atom is 0.171 e. The Kier molecular flexibility index (Phi) is 6.24. The molecule has 4 heterocycles. The summed E-state index contributed by atoms with van der Waals surface area (Å²) in [4.78, 5) is 10.4. The molecule has 6 heteroatoms. The minimum atomic E-state index is -0.405. The lowest BCUT2D eigenvalue weighted by Gasteiger charge is -2.24. The van der Waals surface area contributed by atoms with Crippen molar-refractivity contribution in [2.75, 3.05) is 0 Å². The molecule has 0 radical (unpaired) electrons. The minimum Gasteiger partial charge on any atom is -0.484 e. The van der Waals surface area contributed by atoms with Crippen LogP contribution in [0, 0.1) is 0 Å². The second-order valence-electron chi connectivity index (χ2n) is 13.3. The van der Waals surface area contributed by atoms with Crippen LogP contribution in [-0.4, -0.2) is 22.3 Å². The molecule has 2 unspecified atom stereocenters. The molecule has 0 fully saturated rings. The first-order valence-electron chi connectivity index (χ1n) is 17.4. The van der Waals surface area contributed by atoms with Crippen LogP contribution in [-0.2, 0) is 0 Å². The Bertz CT molecular complexity index is 2720. The second-order valence-corrected chi connectivity index (χ2v) is 14.3. The van der Waals surface area contributed by atoms with Gasteiger partial charge in [0.25, 0.3) is 0 Å². The topological polar surface area (TPSA) is 50.9 Å². The average molecular weight is 675 g/mol. The number of benzene rings is 6. The molecule has 11 rings (SSSR count). The van der Waals surface area contributed by atoms with E-state index >= 15 is 0 Å². The lowest BCUT2D eigenvalue weighted by Crippen LogP contribution is -2.36. The fraction of sp³-hybridized carbons (Fsp3) is 0.0667. The average Bonchev–Trinajstić information content (AvgIpc) is 3.88. The second kappa shape index (κ2) is 11.1. The van der Waals surface area contributed by atoms with Crippen molar-refractivity contribution in [2.45, 2.75) is 18.2 Å². The third-order valence-corrected chi connectivity index (χ3v) is 11.7. The quantitative estimate of drug-likeness (QED) is 0.202. The van der Waals surface area contributed by atoms with Crippen LogP contribution in [0.3, 0.4) is 0 Å². The van der Waals surface area contributed by atoms with Crippen molar-refractivity contribution in [3.8, 4) is 5.75 Å². The maximum atomic E-state index is 6.98. The van der Waals surface area contributed by atoms with Crippen LogP contribution in [0.5, 0.6) is 5.75 Å². The summed E-state index contributed by atoms with van der Waals surface area (Å²) in [5.41, 5.74) is 8.04. The third kappa shape index (κ3) is 4.33. The maximum absolute atomic E-state index is 6.98. The van der Waals surface area contributed by atoms with Crippen LogP contribution in [0.15, 0.2) is 168 Å². The highest BCUT2D eigenvalue weighted by molar-refractivity contribution is 7.26. The fourth-order valence-corrected chi connectivity index (χ4v) is 9.42. The number of hydrogen-bond donors (Lipinski definition) is 1. The molecule has 8 aromatic rings. The summed E-state index contributed by atoms with van der Waals surface area (Å²) in [6.07, 6.45) is 6.15. The highest BCUT2D eigenvalue weighted by atomic mass is 32.1. The van der Waals surface area contributed by atoms with Crippen LogP contribution >= 0.6 is 11.3 Å². The monoisotopic (exact) mass is 674 g/mol. The Morgan fingerprint density at radius 2 is 1.24 bits per heavy atom. The molecule has 0 bridgehead atoms. The summed E-state index contributed by atoms with van der Waals surface area (Å²) in [7, 11) is 0. The van der Waals surface area contributed by atoms with Crippen LogP contribution in [0.4, 0.5) is 0 Å². The number of nitrogens with one attached hydrogen (secondary N) is 1. The molecule has 1 N–H and O–H groups in total. The predicted molar refractivity (Wildman–Crippen MR) is 211 cm³/mol. The standard InChI is InChI=1S/C45H30N4OS/c1-3-13-27(14-4-1)43-46-44(28-15-5-2-6-16-28)48-45(47-43)33-20-11-19-32-40-38(51-42(32)33)26-25-31-39-36(23-12-24-37(39)50-41(31)40)49-34-21-9-7-17-29(34)30-18-8-10-22-35(30)49/h1-26,37,39,45H,(H,46,47,48). The summed E-state index contributed by atoms with van der Waals surface area (Å²) in [6, 6.07) is 49.2. The molecule has 2 aliphatic heterocycles. The van der Waals surface area contributed by atoms with Gasteiger partial charge in [-0.05, 0) is 30.4 Å². The van der Waals surface area contributed by atoms with Crippen molar-refractivity contribution in [1.29, 1.82) is 0 Å². The SMILES string of the molecule is C1=CC2Oc3c(ccc4sc5c(C6N=C(c7ccccc7)NC(c7ccccc7)=N6)cccc5c34)C2C(n2c3ccccc3c3ccccc32)=C1. The summed E-state index contributed by atoms with van der Waals surface area (Å²) in [5, 5.41) is 8.41. The summed E-state index contributed by atoms with van der Waals surface area (Å²) in [6.45, 7) is 0. The van der Waals surface area contributed by atoms with Crippen molar-refractivity contribution in [1.82, 2.24) is 9.88 Å². The van der Waals surface area contributed by atoms with Crippen LogP contribution in [0.1, 0.15) is 34.3 Å². The predicted octanol–water partition coefficient (Wildman–Crippen LogP) is 10.6. The number of amidine groups is 2. The van der Waals surface area contributed by atoms with Crippen molar-refractivity contribution in [3.63, 3.8) is 0 Å². The van der Waals surface area contributed by atoms with Gasteiger partial charge in [-0.1, -0.05) is 127 Å². The number of nitrogens with zero attached hydrogens (tertiary/aromatic N) is 3. The van der Waals surface area contributed by atoms with Crippen molar-refractivity contribution in [3.05, 3.63) is 180 Å². The molecule has 0 spiro atoms. The largest absolute Gasteiger partial charge is 0.484 e. The molecule has 2 aromatic heterocycles. The molecular formula is C45H30N4OS. The Morgan fingerprint density at radius 1 is 0.608 bits per heavy atom. The highest BCUT2D eigenvalue weighted by Crippen LogP contribution is 2.54. The van der Waals surface area contributed by atoms with E-state index in [1.54, 1.807) is 11.3 Å². The first-order valence-corrected chi connectivity index (χ1v) is 18.2. The van der Waals surface area contributed by atoms with E-state index in [9.17, 15) is 0 Å². The van der Waals surface area contributed by atoms with Crippen molar-refractivity contribution in [2.24, 2.45) is 9.98 Å². The van der Waals surface area contributed by atoms with Crippen molar-refractivity contribution < 1.29 is 4.74 Å². The van der Waals surface area contributed by atoms with Crippen LogP contribution < -0.4 is 10.1 Å². The number of hydrogen-bond acceptors (Lipinski definition) is 5. The molecule has 1 aliphatic carbocycles. The zero-order valence-corrected chi connectivity index (χ0v) is 28.2. The Balaban J connectivity index is 1.07. The van der Waals surface area contributed by atoms with Gasteiger partial charge < -0.3 is 14.6 Å². The van der Waals surface area contributed by atoms with E-state index in [2.05, 4.69) is 131 Å². The highest BCUT2D eigenvalue weighted by Gasteiger charge is 2.40. The Morgan fingerprint density at radius 3 is 1.92 bits per heavy atom. The number of aliphatic imine (C=N–C) groups is 2. The number of allylic oxidation sites excluding steroid dienone is 2. The van der Waals surface area contributed by atoms with Gasteiger partial charge >= 0.3 is 0 Å². The van der Waals surface area contributed by atoms with Gasteiger partial charge in [0.2, 0.25) is 0 Å². The molecule has 3 aliphatic rings. The number of fused-ring (bicyclic) bond motifs is 10. The zero-order valence-electron chi connectivity index (χ0n) is 27.4. The number of aromatic nitrogens is 1. The fourth-order valence-electron chi connectivity index (χ4n) is 8.19. The van der Waals surface area contributed by atoms with Gasteiger partial charge in [-0.25, -0.2) is 9.98 Å². The van der Waals surface area contributed by atoms with Gasteiger partial charge in [-0.15, -0.1) is 11.3 Å². The summed E-state index contributed by atoms with van der Waals surface area (Å²) in [5.74, 6) is 2.68. The van der Waals surface area contributed by atoms with Gasteiger partial charge in [0.15, 0.2) is 6.17 Å². The third-order valence-electron chi connectivity index (χ3n) is 10.4. The van der Waals surface area contributed by atoms with E-state index in [4.69, 9.17) is 14.7 Å². The molecule has 0 amide bonds. The Hall–Kier alpha value is -6.24. The summed E-state index contributed by atoms with van der Waals surface area (Å²) >= 11 is 1.80. The van der Waals surface area contributed by atoms with E-state index in [1.807, 2.05) is 36.4 Å². The smallest absolute Gasteiger partial charge is 0.171 e. The normalized spacial score (nSPS) is 18.3. The van der Waals surface area contributed by atoms with E-state index in [-0.39, 0.29) is 12.0 Å². The van der Waals surface area contributed by atoms with Gasteiger partial charge in [0, 0.05) is 58.9 Å². The Labute approximate surface area is 298 Å². The molecule has 6 aromatic carbocycles. The van der Waals surface area contributed by atoms with E-state index in [0.29, 0.717) is 0 Å². The lowest BCUT2D eigenvalue weighted by molar-refractivity contribution is 0.273. The molecule has 0 saturated heterocycles. The minimum absolute atomic E-state index is 0.0622. The summed E-state index contributed by atoms with van der Waals surface area (Å²) < 4.78 is 11.8. The molecule has 0 saturated carbocycles. The van der Waals surface area contributed by atoms with Crippen LogP contribution in [0.25, 0.3) is 47.7 Å². The van der Waals surface area contributed by atoms with E-state index in [1.165, 1.54) is 53.2 Å². The van der Waals surface area contributed by atoms with Gasteiger partial charge in [-0.2, -0.15) is 0 Å². The lowest BCUT2D eigenvalue weighted by atomic mass is 9.87. The van der Waals surface area contributed by atoms with Crippen LogP contribution in [0.2, 0.25) is 0 Å².